The van der Waals surface area contributed by atoms with Gasteiger partial charge in [0.15, 0.2) is 12.4 Å². The first-order valence-electron chi connectivity index (χ1n) is 3.12. The van der Waals surface area contributed by atoms with E-state index in [1.165, 1.54) is 0 Å². The molecule has 0 amide bonds. The number of nitrogens with zero attached hydrogens (tertiary/aromatic N) is 1. The Morgan fingerprint density at radius 2 is 1.90 bits per heavy atom. The predicted octanol–water partition coefficient (Wildman–Crippen LogP) is 1.35. The van der Waals surface area contributed by atoms with Crippen LogP contribution in [0.2, 0.25) is 0 Å². The van der Waals surface area contributed by atoms with Crippen molar-refractivity contribution < 1.29 is 9.67 Å². The largest absolute Gasteiger partial charge is 0.509 e. The van der Waals surface area contributed by atoms with Crippen LogP contribution in [-0.4, -0.2) is 5.11 Å². The molecule has 0 aromatic carbocycles. The standard InChI is InChI=1S/C8H9NO/c1-8(7-10)9-5-3-2-4-6-9/h2-7H,1H3/p+1. The van der Waals surface area contributed by atoms with E-state index in [0.717, 1.165) is 12.0 Å². The number of rotatable bonds is 1. The maximum atomic E-state index is 8.61. The molecule has 1 aromatic rings. The molecule has 1 N–H and O–H groups in total. The SMILES string of the molecule is CC(=CO)[n+]1ccccc1. The molecule has 0 aliphatic heterocycles. The number of aromatic nitrogens is 1. The molecule has 52 valence electrons. The van der Waals surface area contributed by atoms with E-state index >= 15 is 0 Å². The monoisotopic (exact) mass is 136 g/mol. The zero-order chi connectivity index (χ0) is 7.40. The Hall–Kier alpha value is -1.31. The smallest absolute Gasteiger partial charge is 0.218 e. The molecule has 0 saturated carbocycles. The molecule has 0 fully saturated rings. The summed E-state index contributed by atoms with van der Waals surface area (Å²) in [5.74, 6) is 0. The Kier molecular flexibility index (Phi) is 2.05. The van der Waals surface area contributed by atoms with Gasteiger partial charge in [-0.3, -0.25) is 0 Å². The minimum atomic E-state index is 0.806. The minimum absolute atomic E-state index is 0.806. The summed E-state index contributed by atoms with van der Waals surface area (Å²) in [5.41, 5.74) is 0.806. The molecule has 2 heteroatoms. The summed E-state index contributed by atoms with van der Waals surface area (Å²) in [6, 6.07) is 5.75. The van der Waals surface area contributed by atoms with Crippen molar-refractivity contribution in [1.82, 2.24) is 0 Å². The Morgan fingerprint density at radius 3 is 2.40 bits per heavy atom. The van der Waals surface area contributed by atoms with Gasteiger partial charge >= 0.3 is 0 Å². The Bertz CT molecular complexity index is 228. The van der Waals surface area contributed by atoms with Crippen LogP contribution in [0.4, 0.5) is 0 Å². The van der Waals surface area contributed by atoms with E-state index in [9.17, 15) is 0 Å². The average molecular weight is 136 g/mol. The van der Waals surface area contributed by atoms with Gasteiger partial charge in [-0.05, 0) is 0 Å². The summed E-state index contributed by atoms with van der Waals surface area (Å²) in [4.78, 5) is 0. The van der Waals surface area contributed by atoms with Gasteiger partial charge < -0.3 is 5.11 Å². The highest BCUT2D eigenvalue weighted by molar-refractivity contribution is 5.24. The first kappa shape index (κ1) is 6.81. The molecule has 0 saturated heterocycles. The highest BCUT2D eigenvalue weighted by Crippen LogP contribution is 1.87. The first-order valence-corrected chi connectivity index (χ1v) is 3.12. The van der Waals surface area contributed by atoms with E-state index in [0.29, 0.717) is 0 Å². The molecule has 0 radical (unpaired) electrons. The molecule has 0 aliphatic rings. The van der Waals surface area contributed by atoms with Crippen molar-refractivity contribution in [3.05, 3.63) is 36.9 Å². The molecule has 2 nitrogen and oxygen atoms in total. The molecular weight excluding hydrogens is 126 g/mol. The van der Waals surface area contributed by atoms with Crippen molar-refractivity contribution in [2.24, 2.45) is 0 Å². The molecular formula is C8H10NO+. The highest BCUT2D eigenvalue weighted by atomic mass is 16.2. The molecule has 1 aromatic heterocycles. The topological polar surface area (TPSA) is 24.1 Å². The lowest BCUT2D eigenvalue weighted by Crippen LogP contribution is -2.29. The van der Waals surface area contributed by atoms with Crippen molar-refractivity contribution in [1.29, 1.82) is 0 Å². The van der Waals surface area contributed by atoms with Gasteiger partial charge in [-0.1, -0.05) is 6.07 Å². The fraction of sp³-hybridized carbons (Fsp3) is 0.125. The van der Waals surface area contributed by atoms with Crippen LogP contribution in [0.1, 0.15) is 6.92 Å². The van der Waals surface area contributed by atoms with E-state index < -0.39 is 0 Å². The van der Waals surface area contributed by atoms with Crippen LogP contribution < -0.4 is 4.57 Å². The van der Waals surface area contributed by atoms with E-state index in [1.807, 2.05) is 42.1 Å². The predicted molar refractivity (Wildman–Crippen MR) is 39.2 cm³/mol. The van der Waals surface area contributed by atoms with E-state index in [-0.39, 0.29) is 0 Å². The van der Waals surface area contributed by atoms with Crippen molar-refractivity contribution in [3.63, 3.8) is 0 Å². The van der Waals surface area contributed by atoms with Crippen LogP contribution in [0, 0.1) is 0 Å². The number of allylic oxidation sites excluding steroid dienone is 1. The van der Waals surface area contributed by atoms with Crippen molar-refractivity contribution in [2.45, 2.75) is 6.92 Å². The lowest BCUT2D eigenvalue weighted by molar-refractivity contribution is -0.582. The van der Waals surface area contributed by atoms with Crippen LogP contribution in [0.3, 0.4) is 0 Å². The van der Waals surface area contributed by atoms with Crippen LogP contribution >= 0.6 is 0 Å². The van der Waals surface area contributed by atoms with Crippen molar-refractivity contribution in [2.75, 3.05) is 0 Å². The quantitative estimate of drug-likeness (QED) is 0.457. The van der Waals surface area contributed by atoms with Crippen LogP contribution in [0.25, 0.3) is 5.70 Å². The molecule has 10 heavy (non-hydrogen) atoms. The third-order valence-corrected chi connectivity index (χ3v) is 1.31. The highest BCUT2D eigenvalue weighted by Gasteiger charge is 1.98. The molecule has 0 unspecified atom stereocenters. The molecule has 0 bridgehead atoms. The fourth-order valence-electron chi connectivity index (χ4n) is 0.700. The van der Waals surface area contributed by atoms with E-state index in [4.69, 9.17) is 5.11 Å². The Labute approximate surface area is 60.1 Å². The van der Waals surface area contributed by atoms with E-state index in [1.54, 1.807) is 0 Å². The summed E-state index contributed by atoms with van der Waals surface area (Å²) in [5, 5.41) is 8.61. The van der Waals surface area contributed by atoms with Crippen LogP contribution in [-0.2, 0) is 0 Å². The average Bonchev–Trinajstić information content (AvgIpc) is 2.05. The third kappa shape index (κ3) is 1.35. The van der Waals surface area contributed by atoms with Gasteiger partial charge in [-0.25, -0.2) is 0 Å². The zero-order valence-corrected chi connectivity index (χ0v) is 5.86. The second-order valence-corrected chi connectivity index (χ2v) is 2.05. The summed E-state index contributed by atoms with van der Waals surface area (Å²) in [7, 11) is 0. The Morgan fingerprint density at radius 1 is 1.30 bits per heavy atom. The number of hydrogen-bond acceptors (Lipinski definition) is 1. The van der Waals surface area contributed by atoms with Crippen LogP contribution in [0.5, 0.6) is 0 Å². The lowest BCUT2D eigenvalue weighted by Gasteiger charge is -1.89. The molecule has 0 atom stereocenters. The zero-order valence-electron chi connectivity index (χ0n) is 5.86. The first-order chi connectivity index (χ1) is 4.84. The maximum absolute atomic E-state index is 8.61. The lowest BCUT2D eigenvalue weighted by atomic mass is 10.4. The molecule has 0 aliphatic carbocycles. The molecule has 0 spiro atoms. The minimum Gasteiger partial charge on any atom is -0.509 e. The third-order valence-electron chi connectivity index (χ3n) is 1.31. The number of hydrogen-bond donors (Lipinski definition) is 1. The number of aliphatic hydroxyl groups excluding tert-OH is 1. The maximum Gasteiger partial charge on any atom is 0.218 e. The Balaban J connectivity index is 2.96. The summed E-state index contributed by atoms with van der Waals surface area (Å²) >= 11 is 0. The summed E-state index contributed by atoms with van der Waals surface area (Å²) in [6.45, 7) is 1.83. The second-order valence-electron chi connectivity index (χ2n) is 2.05. The van der Waals surface area contributed by atoms with Gasteiger partial charge in [-0.2, -0.15) is 4.57 Å². The van der Waals surface area contributed by atoms with Crippen LogP contribution in [0.15, 0.2) is 36.9 Å². The van der Waals surface area contributed by atoms with Gasteiger partial charge in [0, 0.05) is 19.1 Å². The second kappa shape index (κ2) is 3.01. The number of aliphatic hydroxyl groups is 1. The van der Waals surface area contributed by atoms with Gasteiger partial charge in [0.1, 0.15) is 6.26 Å². The molecule has 1 rings (SSSR count). The summed E-state index contributed by atoms with van der Waals surface area (Å²) in [6.07, 6.45) is 4.84. The normalized spacial score (nSPS) is 11.5. The van der Waals surface area contributed by atoms with Crippen molar-refractivity contribution in [3.8, 4) is 0 Å². The van der Waals surface area contributed by atoms with Gasteiger partial charge in [0.05, 0.1) is 0 Å². The molecule has 1 heterocycles. The van der Waals surface area contributed by atoms with E-state index in [2.05, 4.69) is 0 Å². The van der Waals surface area contributed by atoms with Crippen molar-refractivity contribution >= 4 is 5.70 Å². The summed E-state index contributed by atoms with van der Waals surface area (Å²) < 4.78 is 1.83. The van der Waals surface area contributed by atoms with Gasteiger partial charge in [0.25, 0.3) is 0 Å². The fourth-order valence-corrected chi connectivity index (χ4v) is 0.700. The van der Waals surface area contributed by atoms with Gasteiger partial charge in [0.2, 0.25) is 5.70 Å². The number of pyridine rings is 1. The van der Waals surface area contributed by atoms with Gasteiger partial charge in [-0.15, -0.1) is 0 Å².